The average Bonchev–Trinajstić information content (AvgIpc) is 3.21. The van der Waals surface area contributed by atoms with E-state index in [4.69, 9.17) is 4.74 Å². The third kappa shape index (κ3) is 1.96. The number of amides is 2. The number of fused-ring (bicyclic) bond motifs is 5. The highest BCUT2D eigenvalue weighted by atomic mass is 16.5. The lowest BCUT2D eigenvalue weighted by atomic mass is 9.85. The molecule has 3 aliphatic rings. The van der Waals surface area contributed by atoms with Gasteiger partial charge >= 0.3 is 5.97 Å². The second kappa shape index (κ2) is 4.91. The SMILES string of the molecule is C=CC(=O)Oc1cccc(N2C(=O)[C@@H]3[C@H](C2=O)[C@H]2C=C[C@H]3C2)c1. The molecule has 5 heteroatoms. The minimum absolute atomic E-state index is 0.149. The van der Waals surface area contributed by atoms with E-state index in [0.717, 1.165) is 12.5 Å². The highest BCUT2D eigenvalue weighted by Crippen LogP contribution is 2.53. The Bertz CT molecular complexity index is 736. The van der Waals surface area contributed by atoms with E-state index in [-0.39, 0.29) is 41.2 Å². The van der Waals surface area contributed by atoms with Crippen LogP contribution in [0.4, 0.5) is 5.69 Å². The number of ether oxygens (including phenoxy) is 1. The Hall–Kier alpha value is -2.69. The Morgan fingerprint density at radius 3 is 2.43 bits per heavy atom. The number of imide groups is 1. The normalized spacial score (nSPS) is 30.7. The van der Waals surface area contributed by atoms with Crippen molar-refractivity contribution in [2.45, 2.75) is 6.42 Å². The quantitative estimate of drug-likeness (QED) is 0.282. The lowest BCUT2D eigenvalue weighted by Crippen LogP contribution is -2.32. The Morgan fingerprint density at radius 2 is 1.83 bits per heavy atom. The predicted octanol–water partition coefficient (Wildman–Crippen LogP) is 2.09. The highest BCUT2D eigenvalue weighted by molar-refractivity contribution is 6.22. The third-order valence-electron chi connectivity index (χ3n) is 4.93. The van der Waals surface area contributed by atoms with Gasteiger partial charge in [-0.2, -0.15) is 0 Å². The van der Waals surface area contributed by atoms with Crippen LogP contribution in [0.15, 0.2) is 49.1 Å². The fraction of sp³-hybridized carbons (Fsp3) is 0.278. The first kappa shape index (κ1) is 13.9. The standard InChI is InChI=1S/C18H15NO4/c1-2-14(20)23-13-5-3-4-12(9-13)19-17(21)15-10-6-7-11(8-10)16(15)18(19)22/h2-7,9-11,15-16H,1,8H2/t10-,11-,15-,16+/m0/s1. The van der Waals surface area contributed by atoms with Crippen molar-refractivity contribution in [2.24, 2.45) is 23.7 Å². The van der Waals surface area contributed by atoms with Crippen LogP contribution < -0.4 is 9.64 Å². The molecule has 0 spiro atoms. The summed E-state index contributed by atoms with van der Waals surface area (Å²) in [5.74, 6) is -0.727. The molecule has 0 aromatic heterocycles. The number of benzene rings is 1. The lowest BCUT2D eigenvalue weighted by Gasteiger charge is -2.17. The minimum atomic E-state index is -0.583. The molecular weight excluding hydrogens is 294 g/mol. The van der Waals surface area contributed by atoms with Crippen molar-refractivity contribution in [1.29, 1.82) is 0 Å². The topological polar surface area (TPSA) is 63.7 Å². The monoisotopic (exact) mass is 309 g/mol. The summed E-state index contributed by atoms with van der Waals surface area (Å²) >= 11 is 0. The van der Waals surface area contributed by atoms with Gasteiger partial charge in [-0.3, -0.25) is 9.59 Å². The van der Waals surface area contributed by atoms with Gasteiger partial charge in [-0.1, -0.05) is 24.8 Å². The maximum Gasteiger partial charge on any atom is 0.335 e. The molecule has 2 aliphatic carbocycles. The molecule has 0 unspecified atom stereocenters. The summed E-state index contributed by atoms with van der Waals surface area (Å²) < 4.78 is 5.06. The molecule has 5 nitrogen and oxygen atoms in total. The molecule has 2 amide bonds. The van der Waals surface area contributed by atoms with E-state index in [1.54, 1.807) is 18.2 Å². The summed E-state index contributed by atoms with van der Waals surface area (Å²) in [7, 11) is 0. The zero-order chi connectivity index (χ0) is 16.1. The molecule has 1 aromatic carbocycles. The molecule has 4 rings (SSSR count). The Labute approximate surface area is 133 Å². The first-order chi connectivity index (χ1) is 11.1. The third-order valence-corrected chi connectivity index (χ3v) is 4.93. The zero-order valence-corrected chi connectivity index (χ0v) is 12.3. The van der Waals surface area contributed by atoms with Crippen LogP contribution in [0.2, 0.25) is 0 Å². The summed E-state index contributed by atoms with van der Waals surface area (Å²) in [6.45, 7) is 3.34. The van der Waals surface area contributed by atoms with Crippen molar-refractivity contribution >= 4 is 23.5 Å². The van der Waals surface area contributed by atoms with Crippen LogP contribution >= 0.6 is 0 Å². The van der Waals surface area contributed by atoms with Crippen LogP contribution in [-0.2, 0) is 14.4 Å². The second-order valence-corrected chi connectivity index (χ2v) is 6.13. The van der Waals surface area contributed by atoms with Gasteiger partial charge in [-0.25, -0.2) is 9.69 Å². The molecular formula is C18H15NO4. The van der Waals surface area contributed by atoms with Crippen molar-refractivity contribution in [2.75, 3.05) is 4.90 Å². The van der Waals surface area contributed by atoms with Crippen LogP contribution in [-0.4, -0.2) is 17.8 Å². The molecule has 1 aromatic rings. The molecule has 116 valence electrons. The second-order valence-electron chi connectivity index (χ2n) is 6.13. The van der Waals surface area contributed by atoms with Gasteiger partial charge in [0.2, 0.25) is 11.8 Å². The Kier molecular flexibility index (Phi) is 2.98. The Balaban J connectivity index is 1.65. The first-order valence-corrected chi connectivity index (χ1v) is 7.60. The smallest absolute Gasteiger partial charge is 0.335 e. The molecule has 1 saturated heterocycles. The van der Waals surface area contributed by atoms with E-state index in [1.807, 2.05) is 0 Å². The van der Waals surface area contributed by atoms with Crippen LogP contribution in [0.3, 0.4) is 0 Å². The van der Waals surface area contributed by atoms with E-state index in [1.165, 1.54) is 11.0 Å². The minimum Gasteiger partial charge on any atom is -0.423 e. The molecule has 23 heavy (non-hydrogen) atoms. The molecule has 1 heterocycles. The van der Waals surface area contributed by atoms with Crippen molar-refractivity contribution in [1.82, 2.24) is 0 Å². The summed E-state index contributed by atoms with van der Waals surface area (Å²) in [4.78, 5) is 38.0. The molecule has 0 radical (unpaired) electrons. The fourth-order valence-electron chi connectivity index (χ4n) is 4.00. The highest BCUT2D eigenvalue weighted by Gasteiger charge is 2.59. The molecule has 2 fully saturated rings. The maximum absolute atomic E-state index is 12.7. The van der Waals surface area contributed by atoms with Gasteiger partial charge in [0.05, 0.1) is 17.5 Å². The summed E-state index contributed by atoms with van der Waals surface area (Å²) in [6.07, 6.45) is 6.08. The van der Waals surface area contributed by atoms with Crippen LogP contribution in [0.5, 0.6) is 5.75 Å². The summed E-state index contributed by atoms with van der Waals surface area (Å²) in [5, 5.41) is 0. The van der Waals surface area contributed by atoms with Crippen LogP contribution in [0, 0.1) is 23.7 Å². The zero-order valence-electron chi connectivity index (χ0n) is 12.3. The maximum atomic E-state index is 12.7. The number of rotatable bonds is 3. The molecule has 2 bridgehead atoms. The number of hydrogen-bond donors (Lipinski definition) is 0. The van der Waals surface area contributed by atoms with Gasteiger partial charge in [0.15, 0.2) is 0 Å². The number of hydrogen-bond acceptors (Lipinski definition) is 4. The van der Waals surface area contributed by atoms with Gasteiger partial charge in [0.1, 0.15) is 5.75 Å². The van der Waals surface area contributed by atoms with Crippen molar-refractivity contribution in [3.8, 4) is 5.75 Å². The van der Waals surface area contributed by atoms with Gasteiger partial charge < -0.3 is 4.74 Å². The lowest BCUT2D eigenvalue weighted by molar-refractivity contribution is -0.129. The van der Waals surface area contributed by atoms with Crippen LogP contribution in [0.1, 0.15) is 6.42 Å². The van der Waals surface area contributed by atoms with Gasteiger partial charge in [-0.05, 0) is 30.4 Å². The van der Waals surface area contributed by atoms with Crippen molar-refractivity contribution in [3.63, 3.8) is 0 Å². The van der Waals surface area contributed by atoms with Gasteiger partial charge in [0, 0.05) is 12.1 Å². The van der Waals surface area contributed by atoms with Crippen molar-refractivity contribution < 1.29 is 19.1 Å². The Morgan fingerprint density at radius 1 is 1.17 bits per heavy atom. The number of nitrogens with zero attached hydrogens (tertiary/aromatic N) is 1. The number of carbonyl (C=O) groups is 3. The molecule has 4 atom stereocenters. The molecule has 0 N–H and O–H groups in total. The van der Waals surface area contributed by atoms with Crippen LogP contribution in [0.25, 0.3) is 0 Å². The van der Waals surface area contributed by atoms with Crippen molar-refractivity contribution in [3.05, 3.63) is 49.1 Å². The summed E-state index contributed by atoms with van der Waals surface area (Å²) in [6, 6.07) is 6.47. The average molecular weight is 309 g/mol. The summed E-state index contributed by atoms with van der Waals surface area (Å²) in [5.41, 5.74) is 0.447. The number of allylic oxidation sites excluding steroid dienone is 2. The number of carbonyl (C=O) groups excluding carboxylic acids is 3. The van der Waals surface area contributed by atoms with E-state index in [0.29, 0.717) is 5.69 Å². The van der Waals surface area contributed by atoms with E-state index in [2.05, 4.69) is 18.7 Å². The predicted molar refractivity (Wildman–Crippen MR) is 82.5 cm³/mol. The van der Waals surface area contributed by atoms with E-state index < -0.39 is 5.97 Å². The fourth-order valence-corrected chi connectivity index (χ4v) is 4.00. The molecule has 1 aliphatic heterocycles. The largest absolute Gasteiger partial charge is 0.423 e. The number of anilines is 1. The van der Waals surface area contributed by atoms with E-state index in [9.17, 15) is 14.4 Å². The number of esters is 1. The van der Waals surface area contributed by atoms with Gasteiger partial charge in [-0.15, -0.1) is 0 Å². The molecule has 1 saturated carbocycles. The first-order valence-electron chi connectivity index (χ1n) is 7.60. The van der Waals surface area contributed by atoms with Gasteiger partial charge in [0.25, 0.3) is 0 Å². The van der Waals surface area contributed by atoms with E-state index >= 15 is 0 Å².